The van der Waals surface area contributed by atoms with E-state index in [1.807, 2.05) is 0 Å². The third-order valence-corrected chi connectivity index (χ3v) is 6.01. The lowest BCUT2D eigenvalue weighted by atomic mass is 9.96. The van der Waals surface area contributed by atoms with Crippen LogP contribution in [-0.4, -0.2) is 45.5 Å². The zero-order valence-electron chi connectivity index (χ0n) is 19.4. The van der Waals surface area contributed by atoms with Gasteiger partial charge < -0.3 is 14.9 Å². The first-order chi connectivity index (χ1) is 15.8. The monoisotopic (exact) mass is 479 g/mol. The van der Waals surface area contributed by atoms with E-state index < -0.39 is 21.7 Å². The number of ether oxygens (including phenoxy) is 1. The first kappa shape index (κ1) is 26.8. The van der Waals surface area contributed by atoms with Gasteiger partial charge in [0, 0.05) is 10.8 Å². The zero-order valence-corrected chi connectivity index (χ0v) is 20.3. The lowest BCUT2D eigenvalue weighted by molar-refractivity contribution is -0.754. The van der Waals surface area contributed by atoms with Crippen molar-refractivity contribution in [3.05, 3.63) is 23.8 Å². The summed E-state index contributed by atoms with van der Waals surface area (Å²) in [6, 6.07) is 4.37. The van der Waals surface area contributed by atoms with Gasteiger partial charge in [0.05, 0.1) is 11.8 Å². The van der Waals surface area contributed by atoms with Crippen LogP contribution in [0.3, 0.4) is 0 Å². The number of amidine groups is 1. The van der Waals surface area contributed by atoms with Crippen molar-refractivity contribution in [2.45, 2.75) is 77.0 Å². The molecule has 2 unspecified atom stereocenters. The molecule has 2 rings (SSSR count). The van der Waals surface area contributed by atoms with E-state index in [9.17, 15) is 19.8 Å². The summed E-state index contributed by atoms with van der Waals surface area (Å²) in [5.74, 6) is -1.05. The molecule has 0 fully saturated rings. The van der Waals surface area contributed by atoms with Gasteiger partial charge in [0.2, 0.25) is 5.12 Å². The van der Waals surface area contributed by atoms with Gasteiger partial charge in [-0.05, 0) is 29.2 Å². The summed E-state index contributed by atoms with van der Waals surface area (Å²) in [7, 11) is 1.26. The SMILES string of the molecule is CCCCCCCCCCCCOc1ccc(O)cc1C(C(=O)S)C1=NN=N[N+]1(C)C(=O)O. The van der Waals surface area contributed by atoms with E-state index in [2.05, 4.69) is 35.1 Å². The minimum atomic E-state index is -1.34. The smallest absolute Gasteiger partial charge is 0.508 e. The van der Waals surface area contributed by atoms with Crippen LogP contribution in [0.25, 0.3) is 0 Å². The number of phenols is 1. The highest BCUT2D eigenvalue weighted by Gasteiger charge is 2.51. The lowest BCUT2D eigenvalue weighted by Gasteiger charge is -2.22. The van der Waals surface area contributed by atoms with Crippen molar-refractivity contribution >= 4 is 29.7 Å². The molecule has 0 aromatic heterocycles. The molecule has 1 aliphatic rings. The summed E-state index contributed by atoms with van der Waals surface area (Å²) in [4.78, 5) is 24.2. The van der Waals surface area contributed by atoms with Gasteiger partial charge in [0.25, 0.3) is 5.84 Å². The number of carbonyl (C=O) groups excluding carboxylic acids is 1. The number of quaternary nitrogens is 1. The summed E-state index contributed by atoms with van der Waals surface area (Å²) in [5, 5.41) is 29.8. The Kier molecular flexibility index (Phi) is 10.8. The molecule has 1 aromatic rings. The van der Waals surface area contributed by atoms with Gasteiger partial charge in [-0.2, -0.15) is 4.79 Å². The van der Waals surface area contributed by atoms with Crippen LogP contribution in [0.1, 0.15) is 82.6 Å². The van der Waals surface area contributed by atoms with Crippen molar-refractivity contribution in [1.82, 2.24) is 0 Å². The molecule has 2 N–H and O–H groups in total. The number of carboxylic acid groups (broad SMARTS) is 1. The summed E-state index contributed by atoms with van der Waals surface area (Å²) >= 11 is 3.95. The van der Waals surface area contributed by atoms with Gasteiger partial charge in [-0.3, -0.25) is 4.79 Å². The second-order valence-electron chi connectivity index (χ2n) is 8.40. The molecule has 1 amide bonds. The highest BCUT2D eigenvalue weighted by atomic mass is 32.1. The molecular weight excluding hydrogens is 444 g/mol. The van der Waals surface area contributed by atoms with E-state index in [0.717, 1.165) is 19.3 Å². The molecule has 182 valence electrons. The number of nitrogens with zero attached hydrogens (tertiary/aromatic N) is 4. The summed E-state index contributed by atoms with van der Waals surface area (Å²) in [6.45, 7) is 2.66. The van der Waals surface area contributed by atoms with Gasteiger partial charge in [-0.25, -0.2) is 0 Å². The highest BCUT2D eigenvalue weighted by Crippen LogP contribution is 2.36. The second-order valence-corrected chi connectivity index (χ2v) is 8.84. The maximum absolute atomic E-state index is 12.4. The summed E-state index contributed by atoms with van der Waals surface area (Å²) in [5.41, 5.74) is 0.277. The van der Waals surface area contributed by atoms with E-state index >= 15 is 0 Å². The Morgan fingerprint density at radius 2 is 1.67 bits per heavy atom. The largest absolute Gasteiger partial charge is 0.548 e. The number of unbranched alkanes of at least 4 members (excludes halogenated alkanes) is 9. The highest BCUT2D eigenvalue weighted by molar-refractivity contribution is 7.96. The summed E-state index contributed by atoms with van der Waals surface area (Å²) < 4.78 is 4.89. The van der Waals surface area contributed by atoms with Crippen molar-refractivity contribution in [2.75, 3.05) is 13.7 Å². The number of carbonyl (C=O) groups is 2. The standard InChI is InChI=1S/C23H34N4O5S/c1-3-4-5-6-7-8-9-10-11-12-15-32-19-14-13-17(28)16-18(19)20(22(29)33)21-24-25-26-27(21,2)23(30)31/h13-14,16,20H,3-12,15H2,1-2H3,(H2-,28,29,30,31,33)/p+1. The maximum Gasteiger partial charge on any atom is 0.548 e. The van der Waals surface area contributed by atoms with Gasteiger partial charge in [0.15, 0.2) is 5.92 Å². The van der Waals surface area contributed by atoms with Gasteiger partial charge in [0.1, 0.15) is 18.5 Å². The fraction of sp³-hybridized carbons (Fsp3) is 0.609. The molecule has 0 saturated heterocycles. The topological polar surface area (TPSA) is 121 Å². The minimum absolute atomic E-state index is 0.0899. The normalized spacial score (nSPS) is 18.2. The molecule has 1 aliphatic heterocycles. The third-order valence-electron chi connectivity index (χ3n) is 5.75. The number of likely N-dealkylation sites (N-methyl/N-ethyl adjacent to an activating group) is 1. The molecular formula is C23H35N4O5S+. The molecule has 1 aromatic carbocycles. The van der Waals surface area contributed by atoms with Crippen LogP contribution in [0, 0.1) is 0 Å². The Bertz CT molecular complexity index is 876. The number of hydrogen-bond donors (Lipinski definition) is 3. The molecule has 0 bridgehead atoms. The van der Waals surface area contributed by atoms with Crippen molar-refractivity contribution in [3.8, 4) is 11.5 Å². The molecule has 0 spiro atoms. The molecule has 0 radical (unpaired) electrons. The van der Waals surface area contributed by atoms with Crippen LogP contribution in [0.2, 0.25) is 0 Å². The van der Waals surface area contributed by atoms with Crippen LogP contribution in [-0.2, 0) is 4.79 Å². The van der Waals surface area contributed by atoms with Crippen LogP contribution in [0.4, 0.5) is 4.79 Å². The Morgan fingerprint density at radius 3 is 2.24 bits per heavy atom. The van der Waals surface area contributed by atoms with Crippen LogP contribution in [0.15, 0.2) is 33.7 Å². The Hall–Kier alpha value is -2.46. The zero-order chi connectivity index (χ0) is 24.3. The van der Waals surface area contributed by atoms with Gasteiger partial charge in [-0.1, -0.05) is 69.8 Å². The average molecular weight is 480 g/mol. The maximum atomic E-state index is 12.4. The van der Waals surface area contributed by atoms with Crippen molar-refractivity contribution < 1.29 is 29.1 Å². The number of amides is 1. The first-order valence-electron chi connectivity index (χ1n) is 11.6. The van der Waals surface area contributed by atoms with E-state index in [1.54, 1.807) is 6.07 Å². The van der Waals surface area contributed by atoms with Crippen molar-refractivity contribution in [1.29, 1.82) is 0 Å². The third kappa shape index (κ3) is 7.53. The Labute approximate surface area is 200 Å². The van der Waals surface area contributed by atoms with E-state index in [0.29, 0.717) is 12.4 Å². The second kappa shape index (κ2) is 13.3. The van der Waals surface area contributed by atoms with E-state index in [4.69, 9.17) is 4.74 Å². The van der Waals surface area contributed by atoms with E-state index in [1.165, 1.54) is 64.1 Å². The first-order valence-corrected chi connectivity index (χ1v) is 12.0. The molecule has 1 heterocycles. The predicted molar refractivity (Wildman–Crippen MR) is 129 cm³/mol. The molecule has 33 heavy (non-hydrogen) atoms. The molecule has 9 nitrogen and oxygen atoms in total. The fourth-order valence-corrected chi connectivity index (χ4v) is 4.03. The number of hydrogen-bond acceptors (Lipinski definition) is 7. The summed E-state index contributed by atoms with van der Waals surface area (Å²) in [6.07, 6.45) is 10.7. The lowest BCUT2D eigenvalue weighted by Crippen LogP contribution is -2.50. The Morgan fingerprint density at radius 1 is 1.06 bits per heavy atom. The van der Waals surface area contributed by atoms with Crippen LogP contribution < -0.4 is 4.74 Å². The van der Waals surface area contributed by atoms with Gasteiger partial charge >= 0.3 is 6.09 Å². The average Bonchev–Trinajstić information content (AvgIpc) is 3.16. The number of aromatic hydroxyl groups is 1. The Balaban J connectivity index is 1.95. The molecule has 10 heteroatoms. The molecule has 0 saturated carbocycles. The van der Waals surface area contributed by atoms with Crippen molar-refractivity contribution in [2.24, 2.45) is 15.5 Å². The predicted octanol–water partition coefficient (Wildman–Crippen LogP) is 6.05. The number of benzene rings is 1. The van der Waals surface area contributed by atoms with Gasteiger partial charge in [-0.15, -0.1) is 12.6 Å². The van der Waals surface area contributed by atoms with E-state index in [-0.39, 0.29) is 17.1 Å². The number of thiol groups is 1. The van der Waals surface area contributed by atoms with Crippen LogP contribution >= 0.6 is 12.6 Å². The number of rotatable bonds is 15. The minimum Gasteiger partial charge on any atom is -0.508 e. The van der Waals surface area contributed by atoms with Crippen LogP contribution in [0.5, 0.6) is 11.5 Å². The number of phenolic OH excluding ortho intramolecular Hbond substituents is 1. The molecule has 0 aliphatic carbocycles. The molecule has 2 atom stereocenters. The quantitative estimate of drug-likeness (QED) is 0.161. The fourth-order valence-electron chi connectivity index (χ4n) is 3.77. The van der Waals surface area contributed by atoms with Crippen molar-refractivity contribution in [3.63, 3.8) is 0 Å².